The lowest BCUT2D eigenvalue weighted by Gasteiger charge is -2.09. The summed E-state index contributed by atoms with van der Waals surface area (Å²) in [5.41, 5.74) is -0.918. The van der Waals surface area contributed by atoms with Crippen LogP contribution in [0, 0.1) is 0 Å². The Bertz CT molecular complexity index is 768. The molecule has 23 heavy (non-hydrogen) atoms. The molecule has 2 rings (SSSR count). The highest BCUT2D eigenvalue weighted by Crippen LogP contribution is 2.46. The fraction of sp³-hybridized carbons (Fsp3) is 0.0714. The van der Waals surface area contributed by atoms with Crippen molar-refractivity contribution in [2.45, 2.75) is 6.18 Å². The molecule has 0 saturated carbocycles. The fourth-order valence-corrected chi connectivity index (χ4v) is 2.49. The third-order valence-corrected chi connectivity index (χ3v) is 3.49. The monoisotopic (exact) mass is 362 g/mol. The molecule has 1 atom stereocenters. The van der Waals surface area contributed by atoms with Gasteiger partial charge in [-0.2, -0.15) is 13.2 Å². The van der Waals surface area contributed by atoms with Gasteiger partial charge >= 0.3 is 13.0 Å². The molecule has 9 heteroatoms. The summed E-state index contributed by atoms with van der Waals surface area (Å²) in [6.45, 7) is -4.03. The number of rotatable bonds is 4. The van der Waals surface area contributed by atoms with Crippen LogP contribution in [0.4, 0.5) is 13.2 Å². The smallest absolute Gasteiger partial charge is 0.417 e. The first-order valence-corrected chi connectivity index (χ1v) is 8.86. The summed E-state index contributed by atoms with van der Waals surface area (Å²) in [5.74, 6) is -0.605. The maximum absolute atomic E-state index is 12.7. The number of benzene rings is 2. The van der Waals surface area contributed by atoms with E-state index in [0.717, 1.165) is 18.2 Å². The minimum absolute atomic E-state index is 0.00595. The molecule has 0 fully saturated rings. The van der Waals surface area contributed by atoms with Crippen molar-refractivity contribution in [3.8, 4) is 5.75 Å². The first-order valence-electron chi connectivity index (χ1n) is 6.13. The van der Waals surface area contributed by atoms with Gasteiger partial charge in [-0.15, -0.1) is 0 Å². The zero-order chi connectivity index (χ0) is 17.3. The highest BCUT2D eigenvalue weighted by Gasteiger charge is 2.31. The fourth-order valence-electron chi connectivity index (χ4n) is 1.81. The van der Waals surface area contributed by atoms with Gasteiger partial charge in [0.05, 0.1) is 5.56 Å². The van der Waals surface area contributed by atoms with Crippen molar-refractivity contribution in [1.29, 1.82) is 0 Å². The molecular formula is C14H10F3O4PS. The van der Waals surface area contributed by atoms with Crippen LogP contribution in [0.15, 0.2) is 48.5 Å². The Kier molecular flexibility index (Phi) is 4.89. The van der Waals surface area contributed by atoms with Gasteiger partial charge in [0.2, 0.25) is 0 Å². The van der Waals surface area contributed by atoms with Gasteiger partial charge in [0.25, 0.3) is 0 Å². The maximum Gasteiger partial charge on any atom is 0.434 e. The SMILES string of the molecule is O=C(c1ccc(OP(=O)(O)S)cc1)c1cccc(C(F)(F)F)c1. The van der Waals surface area contributed by atoms with Crippen LogP contribution in [0.1, 0.15) is 21.5 Å². The number of hydrogen-bond donors (Lipinski definition) is 2. The number of carbonyl (C=O) groups excluding carboxylic acids is 1. The Morgan fingerprint density at radius 3 is 2.22 bits per heavy atom. The van der Waals surface area contributed by atoms with Crippen molar-refractivity contribution in [3.63, 3.8) is 0 Å². The first kappa shape index (κ1) is 17.6. The van der Waals surface area contributed by atoms with Gasteiger partial charge in [-0.25, -0.2) is 4.57 Å². The average molecular weight is 362 g/mol. The molecule has 0 saturated heterocycles. The second-order valence-corrected chi connectivity index (χ2v) is 7.19. The van der Waals surface area contributed by atoms with Crippen LogP contribution in [-0.4, -0.2) is 10.7 Å². The zero-order valence-corrected chi connectivity index (χ0v) is 13.1. The molecule has 0 spiro atoms. The highest BCUT2D eigenvalue weighted by atomic mass is 32.7. The van der Waals surface area contributed by atoms with Crippen LogP contribution in [0.2, 0.25) is 0 Å². The molecule has 122 valence electrons. The minimum atomic E-state index is -4.54. The quantitative estimate of drug-likeness (QED) is 0.482. The van der Waals surface area contributed by atoms with Crippen molar-refractivity contribution in [2.75, 3.05) is 0 Å². The topological polar surface area (TPSA) is 63.6 Å². The summed E-state index contributed by atoms with van der Waals surface area (Å²) in [5, 5.41) is 0. The van der Waals surface area contributed by atoms with Crippen molar-refractivity contribution in [1.82, 2.24) is 0 Å². The molecule has 1 unspecified atom stereocenters. The van der Waals surface area contributed by atoms with E-state index in [1.54, 1.807) is 0 Å². The molecule has 2 aromatic carbocycles. The molecule has 0 aromatic heterocycles. The lowest BCUT2D eigenvalue weighted by molar-refractivity contribution is -0.137. The number of carbonyl (C=O) groups is 1. The minimum Gasteiger partial charge on any atom is -0.417 e. The van der Waals surface area contributed by atoms with Gasteiger partial charge in [-0.05, 0) is 48.6 Å². The van der Waals surface area contributed by atoms with Gasteiger partial charge in [-0.1, -0.05) is 12.1 Å². The zero-order valence-electron chi connectivity index (χ0n) is 11.3. The summed E-state index contributed by atoms with van der Waals surface area (Å²) in [6, 6.07) is 9.12. The number of halogens is 3. The van der Waals surface area contributed by atoms with Crippen molar-refractivity contribution < 1.29 is 31.9 Å². The third-order valence-electron chi connectivity index (χ3n) is 2.79. The van der Waals surface area contributed by atoms with Crippen LogP contribution < -0.4 is 4.52 Å². The van der Waals surface area contributed by atoms with Crippen molar-refractivity contribution >= 4 is 24.8 Å². The summed E-state index contributed by atoms with van der Waals surface area (Å²) in [7, 11) is 0. The van der Waals surface area contributed by atoms with Crippen LogP contribution in [0.25, 0.3) is 0 Å². The highest BCUT2D eigenvalue weighted by molar-refractivity contribution is 8.44. The Morgan fingerprint density at radius 1 is 1.09 bits per heavy atom. The van der Waals surface area contributed by atoms with E-state index in [1.807, 2.05) is 0 Å². The summed E-state index contributed by atoms with van der Waals surface area (Å²) in [6.07, 6.45) is -4.54. The van der Waals surface area contributed by atoms with Crippen LogP contribution >= 0.6 is 19.0 Å². The Hall–Kier alpha value is -1.76. The largest absolute Gasteiger partial charge is 0.434 e. The molecular weight excluding hydrogens is 352 g/mol. The first-order chi connectivity index (χ1) is 10.6. The second-order valence-electron chi connectivity index (χ2n) is 4.51. The predicted octanol–water partition coefficient (Wildman–Crippen LogP) is 4.35. The van der Waals surface area contributed by atoms with Crippen LogP contribution in [0.3, 0.4) is 0 Å². The molecule has 2 aromatic rings. The standard InChI is InChI=1S/C14H10F3O4PS/c15-14(16,17)11-3-1-2-10(8-11)13(18)9-4-6-12(7-5-9)21-22(19,20)23/h1-8H,(H2,19,20,23). The second kappa shape index (κ2) is 6.39. The lowest BCUT2D eigenvalue weighted by Crippen LogP contribution is -2.08. The molecule has 0 heterocycles. The van der Waals surface area contributed by atoms with Gasteiger partial charge in [0.15, 0.2) is 5.78 Å². The number of thiol groups is 1. The van der Waals surface area contributed by atoms with E-state index in [-0.39, 0.29) is 16.9 Å². The van der Waals surface area contributed by atoms with Crippen molar-refractivity contribution in [2.24, 2.45) is 0 Å². The Morgan fingerprint density at radius 2 is 1.70 bits per heavy atom. The van der Waals surface area contributed by atoms with E-state index >= 15 is 0 Å². The number of hydrogen-bond acceptors (Lipinski definition) is 3. The van der Waals surface area contributed by atoms with E-state index in [0.29, 0.717) is 0 Å². The van der Waals surface area contributed by atoms with E-state index in [9.17, 15) is 22.5 Å². The lowest BCUT2D eigenvalue weighted by atomic mass is 10.0. The molecule has 1 N–H and O–H groups in total. The van der Waals surface area contributed by atoms with Gasteiger partial charge in [-0.3, -0.25) is 4.79 Å². The summed E-state index contributed by atoms with van der Waals surface area (Å²) < 4.78 is 53.6. The molecule has 0 aliphatic carbocycles. The molecule has 0 radical (unpaired) electrons. The van der Waals surface area contributed by atoms with Gasteiger partial charge in [0, 0.05) is 11.1 Å². The van der Waals surface area contributed by atoms with E-state index in [1.165, 1.54) is 30.3 Å². The van der Waals surface area contributed by atoms with Crippen LogP contribution in [-0.2, 0) is 10.7 Å². The van der Waals surface area contributed by atoms with Crippen molar-refractivity contribution in [3.05, 3.63) is 65.2 Å². The summed E-state index contributed by atoms with van der Waals surface area (Å²) in [4.78, 5) is 21.2. The normalized spacial score (nSPS) is 14.1. The van der Waals surface area contributed by atoms with Crippen LogP contribution in [0.5, 0.6) is 5.75 Å². The molecule has 0 aliphatic heterocycles. The van der Waals surface area contributed by atoms with E-state index in [4.69, 9.17) is 4.89 Å². The maximum atomic E-state index is 12.7. The summed E-state index contributed by atoms with van der Waals surface area (Å²) >= 11 is 3.34. The predicted molar refractivity (Wildman–Crippen MR) is 80.8 cm³/mol. The molecule has 0 amide bonds. The number of alkyl halides is 3. The third kappa shape index (κ3) is 4.86. The van der Waals surface area contributed by atoms with E-state index < -0.39 is 24.3 Å². The molecule has 0 bridgehead atoms. The van der Waals surface area contributed by atoms with E-state index in [2.05, 4.69) is 16.8 Å². The molecule has 4 nitrogen and oxygen atoms in total. The van der Waals surface area contributed by atoms with Gasteiger partial charge < -0.3 is 9.42 Å². The Balaban J connectivity index is 2.26. The number of ketones is 1. The average Bonchev–Trinajstić information content (AvgIpc) is 2.45. The van der Waals surface area contributed by atoms with Gasteiger partial charge in [0.1, 0.15) is 5.75 Å². The molecule has 0 aliphatic rings. The Labute approximate surface area is 134 Å².